The number of carbonyl (C=O) groups excluding carboxylic acids is 1. The first-order valence-corrected chi connectivity index (χ1v) is 10.4. The van der Waals surface area contributed by atoms with Crippen molar-refractivity contribution < 1.29 is 14.1 Å². The molecule has 1 atom stereocenters. The van der Waals surface area contributed by atoms with Gasteiger partial charge in [0.2, 0.25) is 0 Å². The second-order valence-corrected chi connectivity index (χ2v) is 8.18. The normalized spacial score (nSPS) is 16.3. The molecule has 1 unspecified atom stereocenters. The molecular formula is C21H25NO3S. The lowest BCUT2D eigenvalue weighted by Crippen LogP contribution is -2.38. The van der Waals surface area contributed by atoms with Gasteiger partial charge in [0.25, 0.3) is 0 Å². The van der Waals surface area contributed by atoms with E-state index < -0.39 is 11.2 Å². The summed E-state index contributed by atoms with van der Waals surface area (Å²) in [6.07, 6.45) is 1.49. The van der Waals surface area contributed by atoms with Crippen molar-refractivity contribution >= 4 is 17.3 Å². The van der Waals surface area contributed by atoms with Crippen molar-refractivity contribution in [3.8, 4) is 0 Å². The van der Waals surface area contributed by atoms with Crippen LogP contribution >= 0.6 is 0 Å². The molecule has 4 nitrogen and oxygen atoms in total. The molecule has 1 amide bonds. The lowest BCUT2D eigenvalue weighted by molar-refractivity contribution is 0.0869. The largest absolute Gasteiger partial charge is 0.611 e. The highest BCUT2D eigenvalue weighted by atomic mass is 32.2. The number of rotatable bonds is 5. The first-order chi connectivity index (χ1) is 12.7. The smallest absolute Gasteiger partial charge is 0.410 e. The van der Waals surface area contributed by atoms with Gasteiger partial charge < -0.3 is 14.2 Å². The number of amides is 1. The van der Waals surface area contributed by atoms with Gasteiger partial charge in [0.05, 0.1) is 0 Å². The zero-order valence-electron chi connectivity index (χ0n) is 15.1. The highest BCUT2D eigenvalue weighted by molar-refractivity contribution is 7.91. The number of benzene rings is 2. The molecule has 0 N–H and O–H groups in total. The van der Waals surface area contributed by atoms with E-state index in [1.165, 1.54) is 5.56 Å². The van der Waals surface area contributed by atoms with E-state index in [0.717, 1.165) is 23.3 Å². The van der Waals surface area contributed by atoms with Gasteiger partial charge in [-0.15, -0.1) is 0 Å². The number of hydrogen-bond acceptors (Lipinski definition) is 3. The molecule has 1 heterocycles. The van der Waals surface area contributed by atoms with Gasteiger partial charge in [-0.3, -0.25) is 0 Å². The maximum Gasteiger partial charge on any atom is 0.410 e. The van der Waals surface area contributed by atoms with Crippen LogP contribution in [0.1, 0.15) is 36.8 Å². The van der Waals surface area contributed by atoms with Gasteiger partial charge in [-0.25, -0.2) is 4.79 Å². The van der Waals surface area contributed by atoms with Crippen LogP contribution in [0.4, 0.5) is 4.79 Å². The van der Waals surface area contributed by atoms with Crippen LogP contribution in [0.2, 0.25) is 0 Å². The Balaban J connectivity index is 1.55. The Hall–Kier alpha value is -1.98. The highest BCUT2D eigenvalue weighted by Gasteiger charge is 2.28. The summed E-state index contributed by atoms with van der Waals surface area (Å²) in [6, 6.07) is 17.7. The SMILES string of the molecule is CC[S+]([O-])c1ccccc1C1CCN(C(=O)OCc2ccccc2)CC1. The van der Waals surface area contributed by atoms with Gasteiger partial charge >= 0.3 is 6.09 Å². The summed E-state index contributed by atoms with van der Waals surface area (Å²) in [5.74, 6) is 0.974. The maximum absolute atomic E-state index is 12.3. The molecule has 0 aromatic heterocycles. The van der Waals surface area contributed by atoms with Gasteiger partial charge in [-0.2, -0.15) is 0 Å². The third-order valence-corrected chi connectivity index (χ3v) is 6.21. The molecule has 2 aromatic rings. The van der Waals surface area contributed by atoms with E-state index in [4.69, 9.17) is 4.74 Å². The number of ether oxygens (including phenoxy) is 1. The van der Waals surface area contributed by atoms with Crippen molar-refractivity contribution in [3.05, 3.63) is 65.7 Å². The predicted molar refractivity (Wildman–Crippen MR) is 104 cm³/mol. The number of carbonyl (C=O) groups is 1. The number of nitrogens with zero attached hydrogens (tertiary/aromatic N) is 1. The Morgan fingerprint density at radius 1 is 1.12 bits per heavy atom. The Morgan fingerprint density at radius 3 is 2.46 bits per heavy atom. The molecule has 0 bridgehead atoms. The van der Waals surface area contributed by atoms with E-state index in [1.807, 2.05) is 55.5 Å². The van der Waals surface area contributed by atoms with Gasteiger partial charge in [0.15, 0.2) is 4.90 Å². The van der Waals surface area contributed by atoms with Crippen molar-refractivity contribution in [2.45, 2.75) is 37.2 Å². The van der Waals surface area contributed by atoms with Gasteiger partial charge in [0.1, 0.15) is 12.4 Å². The predicted octanol–water partition coefficient (Wildman–Crippen LogP) is 4.33. The van der Waals surface area contributed by atoms with Crippen LogP contribution in [0, 0.1) is 0 Å². The molecule has 138 valence electrons. The average molecular weight is 372 g/mol. The Labute approximate surface area is 158 Å². The summed E-state index contributed by atoms with van der Waals surface area (Å²) in [5.41, 5.74) is 2.16. The first-order valence-electron chi connectivity index (χ1n) is 9.12. The topological polar surface area (TPSA) is 52.6 Å². The monoisotopic (exact) mass is 371 g/mol. The lowest BCUT2D eigenvalue weighted by atomic mass is 9.89. The fraction of sp³-hybridized carbons (Fsp3) is 0.381. The summed E-state index contributed by atoms with van der Waals surface area (Å²) in [6.45, 7) is 3.59. The van der Waals surface area contributed by atoms with Crippen molar-refractivity contribution in [1.29, 1.82) is 0 Å². The van der Waals surface area contributed by atoms with Gasteiger partial charge in [-0.05, 0) is 48.5 Å². The molecule has 1 saturated heterocycles. The van der Waals surface area contributed by atoms with Crippen LogP contribution in [-0.4, -0.2) is 34.4 Å². The van der Waals surface area contributed by atoms with Crippen LogP contribution in [-0.2, 0) is 22.5 Å². The number of likely N-dealkylation sites (tertiary alicyclic amines) is 1. The molecule has 26 heavy (non-hydrogen) atoms. The number of piperidine rings is 1. The molecule has 0 spiro atoms. The van der Waals surface area contributed by atoms with Crippen molar-refractivity contribution in [2.75, 3.05) is 18.8 Å². The zero-order chi connectivity index (χ0) is 18.4. The van der Waals surface area contributed by atoms with E-state index >= 15 is 0 Å². The summed E-state index contributed by atoms with van der Waals surface area (Å²) in [7, 11) is 0. The van der Waals surface area contributed by atoms with Crippen LogP contribution < -0.4 is 0 Å². The van der Waals surface area contributed by atoms with E-state index in [2.05, 4.69) is 6.07 Å². The Kier molecular flexibility index (Phi) is 6.58. The van der Waals surface area contributed by atoms with Crippen LogP contribution in [0.25, 0.3) is 0 Å². The maximum atomic E-state index is 12.3. The van der Waals surface area contributed by atoms with Crippen LogP contribution in [0.15, 0.2) is 59.5 Å². The summed E-state index contributed by atoms with van der Waals surface area (Å²) >= 11 is -0.951. The molecule has 5 heteroatoms. The standard InChI is InChI=1S/C21H25NO3S/c1-2-26(24)20-11-7-6-10-19(20)18-12-14-22(15-13-18)21(23)25-16-17-8-4-3-5-9-17/h3-11,18H,2,12-16H2,1H3. The minimum atomic E-state index is -0.951. The third kappa shape index (κ3) is 4.59. The quantitative estimate of drug-likeness (QED) is 0.735. The van der Waals surface area contributed by atoms with E-state index in [9.17, 15) is 9.35 Å². The lowest BCUT2D eigenvalue weighted by Gasteiger charge is -2.32. The zero-order valence-corrected chi connectivity index (χ0v) is 15.9. The molecule has 1 aliphatic rings. The van der Waals surface area contributed by atoms with Crippen molar-refractivity contribution in [2.24, 2.45) is 0 Å². The second kappa shape index (κ2) is 9.10. The molecule has 2 aromatic carbocycles. The molecule has 1 aliphatic heterocycles. The van der Waals surface area contributed by atoms with E-state index in [1.54, 1.807) is 4.90 Å². The summed E-state index contributed by atoms with van der Waals surface area (Å²) in [5, 5.41) is 0. The fourth-order valence-corrected chi connectivity index (χ4v) is 4.40. The molecule has 0 radical (unpaired) electrons. The molecular weight excluding hydrogens is 346 g/mol. The van der Waals surface area contributed by atoms with Gasteiger partial charge in [-0.1, -0.05) is 48.5 Å². The highest BCUT2D eigenvalue weighted by Crippen LogP contribution is 2.33. The first kappa shape index (κ1) is 18.8. The Bertz CT molecular complexity index is 714. The van der Waals surface area contributed by atoms with E-state index in [-0.39, 0.29) is 6.09 Å². The molecule has 0 saturated carbocycles. The van der Waals surface area contributed by atoms with Crippen LogP contribution in [0.5, 0.6) is 0 Å². The minimum Gasteiger partial charge on any atom is -0.611 e. The minimum absolute atomic E-state index is 0.252. The second-order valence-electron chi connectivity index (χ2n) is 6.47. The van der Waals surface area contributed by atoms with Crippen molar-refractivity contribution in [3.63, 3.8) is 0 Å². The average Bonchev–Trinajstić information content (AvgIpc) is 2.72. The molecule has 1 fully saturated rings. The summed E-state index contributed by atoms with van der Waals surface area (Å²) in [4.78, 5) is 15.0. The van der Waals surface area contributed by atoms with Gasteiger partial charge in [0, 0.05) is 18.7 Å². The number of hydrogen-bond donors (Lipinski definition) is 0. The summed E-state index contributed by atoms with van der Waals surface area (Å²) < 4.78 is 17.7. The molecule has 0 aliphatic carbocycles. The van der Waals surface area contributed by atoms with Crippen molar-refractivity contribution in [1.82, 2.24) is 4.90 Å². The molecule has 3 rings (SSSR count). The fourth-order valence-electron chi connectivity index (χ4n) is 3.36. The van der Waals surface area contributed by atoms with Crippen LogP contribution in [0.3, 0.4) is 0 Å². The third-order valence-electron chi connectivity index (χ3n) is 4.82. The van der Waals surface area contributed by atoms with E-state index in [0.29, 0.717) is 31.4 Å². The Morgan fingerprint density at radius 2 is 1.77 bits per heavy atom.